The Morgan fingerprint density at radius 2 is 1.75 bits per heavy atom. The molecule has 0 bridgehead atoms. The van der Waals surface area contributed by atoms with Gasteiger partial charge in [-0.1, -0.05) is 11.6 Å². The molecule has 0 aliphatic heterocycles. The van der Waals surface area contributed by atoms with Crippen molar-refractivity contribution in [3.63, 3.8) is 0 Å². The molecule has 0 saturated carbocycles. The molecule has 0 unspecified atom stereocenters. The summed E-state index contributed by atoms with van der Waals surface area (Å²) < 4.78 is 0. The molecule has 0 radical (unpaired) electrons. The Balaban J connectivity index is 2.37. The average molecular weight is 347 g/mol. The lowest BCUT2D eigenvalue weighted by Crippen LogP contribution is -2.13. The highest BCUT2D eigenvalue weighted by Crippen LogP contribution is 2.28. The van der Waals surface area contributed by atoms with Gasteiger partial charge >= 0.3 is 0 Å². The molecule has 120 valence electrons. The Morgan fingerprint density at radius 1 is 1.08 bits per heavy atom. The van der Waals surface area contributed by atoms with Crippen LogP contribution in [-0.4, -0.2) is 15.8 Å². The van der Waals surface area contributed by atoms with E-state index in [4.69, 9.17) is 16.9 Å². The Labute approximate surface area is 139 Å². The van der Waals surface area contributed by atoms with Crippen LogP contribution in [0.4, 0.5) is 17.1 Å². The number of nitrogens with zero attached hydrogens (tertiary/aromatic N) is 3. The van der Waals surface area contributed by atoms with Gasteiger partial charge in [0.1, 0.15) is 10.7 Å². The zero-order chi connectivity index (χ0) is 17.9. The number of anilines is 1. The topological polar surface area (TPSA) is 139 Å². The first-order valence-electron chi connectivity index (χ1n) is 6.27. The molecule has 10 heteroatoms. The number of nitro benzene ring substituents is 2. The molecule has 0 atom stereocenters. The molecule has 9 nitrogen and oxygen atoms in total. The van der Waals surface area contributed by atoms with E-state index in [1.54, 1.807) is 6.07 Å². The first-order valence-corrected chi connectivity index (χ1v) is 6.65. The number of amides is 1. The molecule has 0 aliphatic carbocycles. The molecule has 0 spiro atoms. The largest absolute Gasteiger partial charge is 0.316 e. The molecular formula is C14H7ClN4O5. The number of rotatable bonds is 4. The first kappa shape index (κ1) is 16.9. The third kappa shape index (κ3) is 3.45. The Bertz CT molecular complexity index is 907. The number of hydrogen-bond donors (Lipinski definition) is 1. The highest BCUT2D eigenvalue weighted by molar-refractivity contribution is 6.32. The minimum absolute atomic E-state index is 0.0572. The maximum atomic E-state index is 12.2. The SMILES string of the molecule is N#Cc1ccc(NC(=O)c2ccc(Cl)c([N+](=O)[O-])c2)c([N+](=O)[O-])c1. The van der Waals surface area contributed by atoms with Crippen LogP contribution in [0.15, 0.2) is 36.4 Å². The van der Waals surface area contributed by atoms with E-state index >= 15 is 0 Å². The molecule has 0 saturated heterocycles. The highest BCUT2D eigenvalue weighted by atomic mass is 35.5. The van der Waals surface area contributed by atoms with Crippen molar-refractivity contribution in [2.45, 2.75) is 0 Å². The number of nitrogens with one attached hydrogen (secondary N) is 1. The molecule has 2 aromatic carbocycles. The van der Waals surface area contributed by atoms with Gasteiger partial charge in [0.05, 0.1) is 21.5 Å². The molecule has 2 rings (SSSR count). The standard InChI is InChI=1S/C14H7ClN4O5/c15-10-3-2-9(6-12(10)18(21)22)14(20)17-11-4-1-8(7-16)5-13(11)19(23)24/h1-6H,(H,17,20). The summed E-state index contributed by atoms with van der Waals surface area (Å²) in [6.45, 7) is 0. The van der Waals surface area contributed by atoms with Crippen LogP contribution in [0.25, 0.3) is 0 Å². The van der Waals surface area contributed by atoms with Crippen molar-refractivity contribution in [3.8, 4) is 6.07 Å². The van der Waals surface area contributed by atoms with Crippen molar-refractivity contribution in [2.24, 2.45) is 0 Å². The van der Waals surface area contributed by atoms with Gasteiger partial charge in [0.25, 0.3) is 17.3 Å². The number of halogens is 1. The van der Waals surface area contributed by atoms with Crippen LogP contribution in [0.1, 0.15) is 15.9 Å². The van der Waals surface area contributed by atoms with Crippen LogP contribution in [0.3, 0.4) is 0 Å². The third-order valence-corrected chi connectivity index (χ3v) is 3.30. The van der Waals surface area contributed by atoms with E-state index in [-0.39, 0.29) is 21.8 Å². The summed E-state index contributed by atoms with van der Waals surface area (Å²) >= 11 is 5.66. The lowest BCUT2D eigenvalue weighted by molar-refractivity contribution is -0.384. The lowest BCUT2D eigenvalue weighted by atomic mass is 10.1. The smallest absolute Gasteiger partial charge is 0.294 e. The molecule has 2 aromatic rings. The van der Waals surface area contributed by atoms with Crippen molar-refractivity contribution in [1.29, 1.82) is 5.26 Å². The molecule has 1 amide bonds. The maximum Gasteiger partial charge on any atom is 0.294 e. The van der Waals surface area contributed by atoms with Crippen LogP contribution in [0.5, 0.6) is 0 Å². The molecule has 0 heterocycles. The summed E-state index contributed by atoms with van der Waals surface area (Å²) in [5.74, 6) is -0.789. The first-order chi connectivity index (χ1) is 11.3. The second-order valence-corrected chi connectivity index (χ2v) is 4.89. The fourth-order valence-electron chi connectivity index (χ4n) is 1.85. The van der Waals surface area contributed by atoms with E-state index in [1.807, 2.05) is 0 Å². The summed E-state index contributed by atoms with van der Waals surface area (Å²) in [6.07, 6.45) is 0. The maximum absolute atomic E-state index is 12.2. The quantitative estimate of drug-likeness (QED) is 0.665. The normalized spacial score (nSPS) is 9.83. The molecule has 24 heavy (non-hydrogen) atoms. The van der Waals surface area contributed by atoms with E-state index in [0.29, 0.717) is 0 Å². The third-order valence-electron chi connectivity index (χ3n) is 2.98. The van der Waals surface area contributed by atoms with Crippen molar-refractivity contribution >= 4 is 34.6 Å². The van der Waals surface area contributed by atoms with Gasteiger partial charge in [0.2, 0.25) is 0 Å². The van der Waals surface area contributed by atoms with Crippen LogP contribution in [0, 0.1) is 31.6 Å². The van der Waals surface area contributed by atoms with E-state index in [1.165, 1.54) is 24.3 Å². The summed E-state index contributed by atoms with van der Waals surface area (Å²) in [5.41, 5.74) is -1.10. The number of carbonyl (C=O) groups excluding carboxylic acids is 1. The van der Waals surface area contributed by atoms with E-state index < -0.39 is 27.1 Å². The van der Waals surface area contributed by atoms with Gasteiger partial charge in [0, 0.05) is 17.7 Å². The molecular weight excluding hydrogens is 340 g/mol. The number of carbonyl (C=O) groups is 1. The molecule has 1 N–H and O–H groups in total. The van der Waals surface area contributed by atoms with E-state index in [9.17, 15) is 25.0 Å². The van der Waals surface area contributed by atoms with Crippen LogP contribution >= 0.6 is 11.6 Å². The summed E-state index contributed by atoms with van der Waals surface area (Å²) in [5, 5.41) is 32.8. The predicted octanol–water partition coefficient (Wildman–Crippen LogP) is 3.28. The van der Waals surface area contributed by atoms with Gasteiger partial charge in [-0.25, -0.2) is 0 Å². The van der Waals surface area contributed by atoms with Crippen molar-refractivity contribution in [1.82, 2.24) is 0 Å². The zero-order valence-electron chi connectivity index (χ0n) is 11.7. The molecule has 0 aromatic heterocycles. The lowest BCUT2D eigenvalue weighted by Gasteiger charge is -2.06. The van der Waals surface area contributed by atoms with Gasteiger partial charge in [-0.2, -0.15) is 5.26 Å². The van der Waals surface area contributed by atoms with Crippen molar-refractivity contribution in [3.05, 3.63) is 72.8 Å². The number of nitriles is 1. The van der Waals surface area contributed by atoms with Crippen LogP contribution in [0.2, 0.25) is 5.02 Å². The molecule has 0 fully saturated rings. The van der Waals surface area contributed by atoms with Crippen LogP contribution in [-0.2, 0) is 0 Å². The van der Waals surface area contributed by atoms with Crippen molar-refractivity contribution < 1.29 is 14.6 Å². The van der Waals surface area contributed by atoms with Gasteiger partial charge in [-0.15, -0.1) is 0 Å². The summed E-state index contributed by atoms with van der Waals surface area (Å²) in [4.78, 5) is 32.5. The Kier molecular flexibility index (Phi) is 4.72. The second kappa shape index (κ2) is 6.72. The van der Waals surface area contributed by atoms with Crippen LogP contribution < -0.4 is 5.32 Å². The van der Waals surface area contributed by atoms with Gasteiger partial charge in [-0.05, 0) is 24.3 Å². The Morgan fingerprint density at radius 3 is 2.33 bits per heavy atom. The minimum atomic E-state index is -0.789. The fraction of sp³-hybridized carbons (Fsp3) is 0. The second-order valence-electron chi connectivity index (χ2n) is 4.48. The zero-order valence-corrected chi connectivity index (χ0v) is 12.5. The van der Waals surface area contributed by atoms with Gasteiger partial charge in [-0.3, -0.25) is 25.0 Å². The highest BCUT2D eigenvalue weighted by Gasteiger charge is 2.20. The summed E-state index contributed by atoms with van der Waals surface area (Å²) in [7, 11) is 0. The number of nitro groups is 2. The minimum Gasteiger partial charge on any atom is -0.316 e. The molecule has 0 aliphatic rings. The number of benzene rings is 2. The average Bonchev–Trinajstić information content (AvgIpc) is 2.55. The predicted molar refractivity (Wildman–Crippen MR) is 83.9 cm³/mol. The van der Waals surface area contributed by atoms with E-state index in [2.05, 4.69) is 5.32 Å². The van der Waals surface area contributed by atoms with Gasteiger partial charge < -0.3 is 5.32 Å². The number of hydrogen-bond acceptors (Lipinski definition) is 6. The fourth-order valence-corrected chi connectivity index (χ4v) is 2.03. The monoisotopic (exact) mass is 346 g/mol. The Hall–Kier alpha value is -3.51. The van der Waals surface area contributed by atoms with Gasteiger partial charge in [0.15, 0.2) is 0 Å². The summed E-state index contributed by atoms with van der Waals surface area (Å²) in [6, 6.07) is 8.67. The van der Waals surface area contributed by atoms with E-state index in [0.717, 1.165) is 12.1 Å². The van der Waals surface area contributed by atoms with Crippen molar-refractivity contribution in [2.75, 3.05) is 5.32 Å².